The largest absolute Gasteiger partial charge is 0.494 e. The summed E-state index contributed by atoms with van der Waals surface area (Å²) < 4.78 is 18.2. The molecule has 1 unspecified atom stereocenters. The van der Waals surface area contributed by atoms with Crippen molar-refractivity contribution in [2.24, 2.45) is 0 Å². The van der Waals surface area contributed by atoms with E-state index in [9.17, 15) is 9.65 Å². The van der Waals surface area contributed by atoms with Gasteiger partial charge in [-0.2, -0.15) is 5.26 Å². The number of rotatable bonds is 7. The zero-order chi connectivity index (χ0) is 14.3. The van der Waals surface area contributed by atoms with E-state index < -0.39 is 5.54 Å². The van der Waals surface area contributed by atoms with Gasteiger partial charge in [-0.15, -0.1) is 0 Å². The topological polar surface area (TPSA) is 45.0 Å². The molecule has 0 aromatic heterocycles. The van der Waals surface area contributed by atoms with Crippen molar-refractivity contribution in [2.45, 2.75) is 45.2 Å². The van der Waals surface area contributed by atoms with Crippen LogP contribution in [0, 0.1) is 17.1 Å². The maximum Gasteiger partial charge on any atom is 0.123 e. The highest BCUT2D eigenvalue weighted by Crippen LogP contribution is 2.15. The molecule has 0 aliphatic heterocycles. The van der Waals surface area contributed by atoms with Crippen LogP contribution in [0.1, 0.15) is 33.6 Å². The van der Waals surface area contributed by atoms with Crippen molar-refractivity contribution in [2.75, 3.05) is 6.61 Å². The average Bonchev–Trinajstić information content (AvgIpc) is 2.36. The van der Waals surface area contributed by atoms with Gasteiger partial charge in [0.2, 0.25) is 0 Å². The van der Waals surface area contributed by atoms with E-state index >= 15 is 0 Å². The summed E-state index contributed by atoms with van der Waals surface area (Å²) in [5, 5.41) is 12.4. The zero-order valence-corrected chi connectivity index (χ0v) is 11.7. The van der Waals surface area contributed by atoms with E-state index in [1.165, 1.54) is 12.1 Å². The summed E-state index contributed by atoms with van der Waals surface area (Å²) in [7, 11) is 0. The molecule has 3 nitrogen and oxygen atoms in total. The molecule has 104 valence electrons. The van der Waals surface area contributed by atoms with Gasteiger partial charge in [-0.25, -0.2) is 4.39 Å². The van der Waals surface area contributed by atoms with Crippen molar-refractivity contribution < 1.29 is 9.13 Å². The number of benzene rings is 1. The lowest BCUT2D eigenvalue weighted by atomic mass is 9.97. The Morgan fingerprint density at radius 3 is 2.53 bits per heavy atom. The number of nitriles is 1. The summed E-state index contributed by atoms with van der Waals surface area (Å²) in [5.41, 5.74) is -0.527. The Morgan fingerprint density at radius 1 is 1.37 bits per heavy atom. The highest BCUT2D eigenvalue weighted by molar-refractivity contribution is 5.21. The molecule has 0 heterocycles. The molecule has 0 spiro atoms. The third-order valence-corrected chi connectivity index (χ3v) is 2.76. The van der Waals surface area contributed by atoms with Crippen molar-refractivity contribution in [3.8, 4) is 11.8 Å². The summed E-state index contributed by atoms with van der Waals surface area (Å²) in [4.78, 5) is 0. The maximum absolute atomic E-state index is 12.7. The minimum absolute atomic E-state index is 0.266. The Balaban J connectivity index is 2.33. The van der Waals surface area contributed by atoms with Crippen LogP contribution in [-0.4, -0.2) is 18.2 Å². The number of hydrogen-bond donors (Lipinski definition) is 1. The molecule has 0 aliphatic rings. The van der Waals surface area contributed by atoms with Gasteiger partial charge in [-0.1, -0.05) is 0 Å². The summed E-state index contributed by atoms with van der Waals surface area (Å²) in [6.07, 6.45) is 1.48. The van der Waals surface area contributed by atoms with Crippen LogP contribution in [0.5, 0.6) is 5.75 Å². The molecule has 1 N–H and O–H groups in total. The number of nitrogens with zero attached hydrogens (tertiary/aromatic N) is 1. The molecule has 1 rings (SSSR count). The Bertz CT molecular complexity index is 425. The van der Waals surface area contributed by atoms with E-state index in [-0.39, 0.29) is 11.9 Å². The molecule has 1 aromatic rings. The molecule has 0 radical (unpaired) electrons. The normalized spacial score (nSPS) is 13.9. The minimum atomic E-state index is -0.527. The highest BCUT2D eigenvalue weighted by Gasteiger charge is 2.23. The zero-order valence-electron chi connectivity index (χ0n) is 11.7. The van der Waals surface area contributed by atoms with Crippen molar-refractivity contribution in [3.05, 3.63) is 30.1 Å². The first-order chi connectivity index (χ1) is 8.95. The summed E-state index contributed by atoms with van der Waals surface area (Å²) in [6, 6.07) is 8.51. The average molecular weight is 264 g/mol. The molecule has 0 saturated carbocycles. The van der Waals surface area contributed by atoms with Gasteiger partial charge >= 0.3 is 0 Å². The fourth-order valence-corrected chi connectivity index (χ4v) is 1.94. The second-order valence-corrected chi connectivity index (χ2v) is 5.15. The summed E-state index contributed by atoms with van der Waals surface area (Å²) in [6.45, 7) is 6.45. The lowest BCUT2D eigenvalue weighted by Crippen LogP contribution is -2.45. The van der Waals surface area contributed by atoms with Crippen LogP contribution < -0.4 is 10.1 Å². The molecule has 0 aliphatic carbocycles. The summed E-state index contributed by atoms with van der Waals surface area (Å²) in [5.74, 6) is 0.377. The fraction of sp³-hybridized carbons (Fsp3) is 0.533. The maximum atomic E-state index is 12.7. The SMILES string of the molecule is CC(C)NC(C)(C#N)CCCOc1ccc(F)cc1. The van der Waals surface area contributed by atoms with Crippen LogP contribution in [0.4, 0.5) is 4.39 Å². The van der Waals surface area contributed by atoms with Crippen molar-refractivity contribution >= 4 is 0 Å². The fourth-order valence-electron chi connectivity index (χ4n) is 1.94. The molecule has 1 atom stereocenters. The molecule has 0 fully saturated rings. The Morgan fingerprint density at radius 2 is 2.00 bits per heavy atom. The van der Waals surface area contributed by atoms with Gasteiger partial charge in [0.15, 0.2) is 0 Å². The highest BCUT2D eigenvalue weighted by atomic mass is 19.1. The monoisotopic (exact) mass is 264 g/mol. The number of halogens is 1. The van der Waals surface area contributed by atoms with E-state index in [0.29, 0.717) is 18.8 Å². The molecule has 0 amide bonds. The Hall–Kier alpha value is -1.60. The van der Waals surface area contributed by atoms with Crippen molar-refractivity contribution in [3.63, 3.8) is 0 Å². The second kappa shape index (κ2) is 7.10. The smallest absolute Gasteiger partial charge is 0.123 e. The van der Waals surface area contributed by atoms with Gasteiger partial charge in [-0.05, 0) is 57.9 Å². The van der Waals surface area contributed by atoms with Crippen LogP contribution in [0.15, 0.2) is 24.3 Å². The van der Waals surface area contributed by atoms with E-state index in [1.54, 1.807) is 12.1 Å². The van der Waals surface area contributed by atoms with E-state index in [2.05, 4.69) is 11.4 Å². The molecule has 0 saturated heterocycles. The standard InChI is InChI=1S/C15H21FN2O/c1-12(2)18-15(3,11-17)9-4-10-19-14-7-5-13(16)6-8-14/h5-8,12,18H,4,9-10H2,1-3H3. The predicted molar refractivity (Wildman–Crippen MR) is 73.4 cm³/mol. The Kier molecular flexibility index (Phi) is 5.78. The first-order valence-electron chi connectivity index (χ1n) is 6.52. The quantitative estimate of drug-likeness (QED) is 0.769. The van der Waals surface area contributed by atoms with E-state index in [0.717, 1.165) is 6.42 Å². The van der Waals surface area contributed by atoms with Gasteiger partial charge in [-0.3, -0.25) is 5.32 Å². The number of nitrogens with one attached hydrogen (secondary N) is 1. The molecule has 1 aromatic carbocycles. The van der Waals surface area contributed by atoms with Crippen LogP contribution in [0.25, 0.3) is 0 Å². The molecular weight excluding hydrogens is 243 g/mol. The van der Waals surface area contributed by atoms with E-state index in [1.807, 2.05) is 20.8 Å². The Labute approximate surface area is 114 Å². The molecular formula is C15H21FN2O. The number of hydrogen-bond acceptors (Lipinski definition) is 3. The van der Waals surface area contributed by atoms with Crippen LogP contribution in [-0.2, 0) is 0 Å². The lowest BCUT2D eigenvalue weighted by molar-refractivity contribution is 0.280. The van der Waals surface area contributed by atoms with Crippen LogP contribution in [0.3, 0.4) is 0 Å². The van der Waals surface area contributed by atoms with Gasteiger partial charge < -0.3 is 4.74 Å². The number of ether oxygens (including phenoxy) is 1. The van der Waals surface area contributed by atoms with Crippen molar-refractivity contribution in [1.29, 1.82) is 5.26 Å². The van der Waals surface area contributed by atoms with E-state index in [4.69, 9.17) is 4.74 Å². The second-order valence-electron chi connectivity index (χ2n) is 5.15. The minimum Gasteiger partial charge on any atom is -0.494 e. The van der Waals surface area contributed by atoms with Crippen LogP contribution >= 0.6 is 0 Å². The van der Waals surface area contributed by atoms with Gasteiger partial charge in [0.05, 0.1) is 12.7 Å². The van der Waals surface area contributed by atoms with Gasteiger partial charge in [0.1, 0.15) is 17.1 Å². The van der Waals surface area contributed by atoms with Gasteiger partial charge in [0, 0.05) is 6.04 Å². The van der Waals surface area contributed by atoms with Crippen LogP contribution in [0.2, 0.25) is 0 Å². The first kappa shape index (κ1) is 15.5. The first-order valence-corrected chi connectivity index (χ1v) is 6.52. The molecule has 0 bridgehead atoms. The van der Waals surface area contributed by atoms with Gasteiger partial charge in [0.25, 0.3) is 0 Å². The third kappa shape index (κ3) is 5.71. The lowest BCUT2D eigenvalue weighted by Gasteiger charge is -2.25. The molecule has 4 heteroatoms. The summed E-state index contributed by atoms with van der Waals surface area (Å²) >= 11 is 0. The van der Waals surface area contributed by atoms with Crippen molar-refractivity contribution in [1.82, 2.24) is 5.32 Å². The predicted octanol–water partition coefficient (Wildman–Crippen LogP) is 3.26. The third-order valence-electron chi connectivity index (χ3n) is 2.76. The molecule has 19 heavy (non-hydrogen) atoms.